The Kier molecular flexibility index (Phi) is 5.05. The summed E-state index contributed by atoms with van der Waals surface area (Å²) in [5, 5.41) is 3.67. The van der Waals surface area contributed by atoms with E-state index in [2.05, 4.69) is 36.3 Å². The zero-order valence-electron chi connectivity index (χ0n) is 14.1. The number of halogens is 1. The second-order valence-electron chi connectivity index (χ2n) is 6.33. The van der Waals surface area contributed by atoms with Crippen LogP contribution in [-0.4, -0.2) is 28.9 Å². The van der Waals surface area contributed by atoms with E-state index in [1.807, 2.05) is 11.0 Å². The molecule has 2 aromatic rings. The van der Waals surface area contributed by atoms with Crippen LogP contribution in [0.25, 0.3) is 0 Å². The maximum absolute atomic E-state index is 12.5. The third-order valence-electron chi connectivity index (χ3n) is 4.50. The van der Waals surface area contributed by atoms with Gasteiger partial charge in [0.15, 0.2) is 0 Å². The second kappa shape index (κ2) is 7.22. The van der Waals surface area contributed by atoms with Crippen LogP contribution >= 0.6 is 11.6 Å². The number of amides is 1. The highest BCUT2D eigenvalue weighted by atomic mass is 35.5. The summed E-state index contributed by atoms with van der Waals surface area (Å²) in [7, 11) is 0. The van der Waals surface area contributed by atoms with Crippen molar-refractivity contribution in [3.05, 3.63) is 52.2 Å². The topological polar surface area (TPSA) is 45.2 Å². The number of nitrogens with zero attached hydrogens (tertiary/aromatic N) is 2. The van der Waals surface area contributed by atoms with Gasteiger partial charge in [0.25, 0.3) is 5.91 Å². The third-order valence-corrected chi connectivity index (χ3v) is 4.79. The highest BCUT2D eigenvalue weighted by molar-refractivity contribution is 6.33. The van der Waals surface area contributed by atoms with Crippen LogP contribution in [0.3, 0.4) is 0 Å². The molecular weight excluding hydrogens is 322 g/mol. The molecular formula is C19H22ClN3O. The summed E-state index contributed by atoms with van der Waals surface area (Å²) >= 11 is 6.34. The van der Waals surface area contributed by atoms with Gasteiger partial charge in [-0.3, -0.25) is 4.79 Å². The first kappa shape index (κ1) is 16.8. The molecule has 1 aromatic carbocycles. The maximum atomic E-state index is 12.5. The minimum absolute atomic E-state index is 0.0156. The van der Waals surface area contributed by atoms with Crippen LogP contribution in [0.1, 0.15) is 40.7 Å². The van der Waals surface area contributed by atoms with E-state index < -0.39 is 0 Å². The smallest absolute Gasteiger partial charge is 0.255 e. The van der Waals surface area contributed by atoms with Gasteiger partial charge >= 0.3 is 0 Å². The van der Waals surface area contributed by atoms with Crippen molar-refractivity contribution in [2.75, 3.05) is 18.4 Å². The van der Waals surface area contributed by atoms with Gasteiger partial charge in [0.1, 0.15) is 5.82 Å². The van der Waals surface area contributed by atoms with Crippen molar-refractivity contribution >= 4 is 29.0 Å². The largest absolute Gasteiger partial charge is 0.339 e. The minimum atomic E-state index is 0.0156. The van der Waals surface area contributed by atoms with E-state index in [1.54, 1.807) is 12.3 Å². The molecule has 126 valence electrons. The minimum Gasteiger partial charge on any atom is -0.339 e. The van der Waals surface area contributed by atoms with Crippen LogP contribution < -0.4 is 5.32 Å². The first-order valence-electron chi connectivity index (χ1n) is 8.34. The van der Waals surface area contributed by atoms with Gasteiger partial charge in [-0.05, 0) is 62.4 Å². The summed E-state index contributed by atoms with van der Waals surface area (Å²) in [6.07, 6.45) is 4.94. The standard InChI is InChI=1S/C19H22ClN3O/c1-13-6-7-16(10-14(13)2)22-18-17(20)11-15(12-21-18)19(24)23-8-4-3-5-9-23/h6-7,10-12H,3-5,8-9H2,1-2H3,(H,21,22). The summed E-state index contributed by atoms with van der Waals surface area (Å²) in [6.45, 7) is 5.78. The molecule has 0 radical (unpaired) electrons. The predicted molar refractivity (Wildman–Crippen MR) is 98.2 cm³/mol. The Morgan fingerprint density at radius 1 is 1.12 bits per heavy atom. The lowest BCUT2D eigenvalue weighted by molar-refractivity contribution is 0.0724. The van der Waals surface area contributed by atoms with Crippen LogP contribution in [0, 0.1) is 13.8 Å². The number of nitrogens with one attached hydrogen (secondary N) is 1. The highest BCUT2D eigenvalue weighted by Crippen LogP contribution is 2.26. The molecule has 0 aliphatic carbocycles. The number of carbonyl (C=O) groups excluding carboxylic acids is 1. The fraction of sp³-hybridized carbons (Fsp3) is 0.368. The lowest BCUT2D eigenvalue weighted by Crippen LogP contribution is -2.35. The molecule has 24 heavy (non-hydrogen) atoms. The number of likely N-dealkylation sites (tertiary alicyclic amines) is 1. The van der Waals surface area contributed by atoms with Gasteiger partial charge in [-0.2, -0.15) is 0 Å². The molecule has 1 amide bonds. The SMILES string of the molecule is Cc1ccc(Nc2ncc(C(=O)N3CCCCC3)cc2Cl)cc1C. The monoisotopic (exact) mass is 343 g/mol. The third kappa shape index (κ3) is 3.70. The molecule has 0 saturated carbocycles. The Bertz CT molecular complexity index is 754. The number of aryl methyl sites for hydroxylation is 2. The average Bonchev–Trinajstić information content (AvgIpc) is 2.60. The molecule has 1 fully saturated rings. The Labute approximate surface area is 147 Å². The molecule has 0 spiro atoms. The van der Waals surface area contributed by atoms with Gasteiger partial charge < -0.3 is 10.2 Å². The molecule has 0 atom stereocenters. The number of hydrogen-bond acceptors (Lipinski definition) is 3. The van der Waals surface area contributed by atoms with Gasteiger partial charge in [-0.1, -0.05) is 17.7 Å². The number of pyridine rings is 1. The molecule has 1 saturated heterocycles. The number of hydrogen-bond donors (Lipinski definition) is 1. The van der Waals surface area contributed by atoms with E-state index >= 15 is 0 Å². The number of benzene rings is 1. The Balaban J connectivity index is 1.76. The molecule has 2 heterocycles. The van der Waals surface area contributed by atoms with E-state index in [9.17, 15) is 4.79 Å². The summed E-state index contributed by atoms with van der Waals surface area (Å²) in [4.78, 5) is 18.7. The molecule has 5 heteroatoms. The van der Waals surface area contributed by atoms with E-state index in [1.165, 1.54) is 17.5 Å². The predicted octanol–water partition coefficient (Wildman–Crippen LogP) is 4.72. The van der Waals surface area contributed by atoms with E-state index in [0.717, 1.165) is 31.6 Å². The first-order valence-corrected chi connectivity index (χ1v) is 8.71. The summed E-state index contributed by atoms with van der Waals surface area (Å²) in [5.74, 6) is 0.581. The summed E-state index contributed by atoms with van der Waals surface area (Å²) in [5.41, 5.74) is 3.92. The van der Waals surface area contributed by atoms with Crippen LogP contribution in [0.15, 0.2) is 30.5 Å². The number of aromatic nitrogens is 1. The Hall–Kier alpha value is -2.07. The van der Waals surface area contributed by atoms with Gasteiger partial charge in [-0.15, -0.1) is 0 Å². The van der Waals surface area contributed by atoms with Gasteiger partial charge in [-0.25, -0.2) is 4.98 Å². The van der Waals surface area contributed by atoms with Crippen molar-refractivity contribution in [3.8, 4) is 0 Å². The fourth-order valence-electron chi connectivity index (χ4n) is 2.88. The molecule has 1 aromatic heterocycles. The molecule has 1 N–H and O–H groups in total. The van der Waals surface area contributed by atoms with Crippen LogP contribution in [-0.2, 0) is 0 Å². The maximum Gasteiger partial charge on any atom is 0.255 e. The summed E-state index contributed by atoms with van der Waals surface area (Å²) < 4.78 is 0. The molecule has 1 aliphatic rings. The molecule has 4 nitrogen and oxygen atoms in total. The van der Waals surface area contributed by atoms with Crippen molar-refractivity contribution in [1.29, 1.82) is 0 Å². The van der Waals surface area contributed by atoms with Crippen LogP contribution in [0.5, 0.6) is 0 Å². The lowest BCUT2D eigenvalue weighted by Gasteiger charge is -2.26. The van der Waals surface area contributed by atoms with Crippen LogP contribution in [0.2, 0.25) is 5.02 Å². The Morgan fingerprint density at radius 2 is 1.88 bits per heavy atom. The number of carbonyl (C=O) groups is 1. The van der Waals surface area contributed by atoms with E-state index in [4.69, 9.17) is 11.6 Å². The molecule has 3 rings (SSSR count). The van der Waals surface area contributed by atoms with Crippen molar-refractivity contribution in [3.63, 3.8) is 0 Å². The van der Waals surface area contributed by atoms with E-state index in [-0.39, 0.29) is 5.91 Å². The van der Waals surface area contributed by atoms with Crippen LogP contribution in [0.4, 0.5) is 11.5 Å². The van der Waals surface area contributed by atoms with Gasteiger partial charge in [0.2, 0.25) is 0 Å². The zero-order valence-corrected chi connectivity index (χ0v) is 14.9. The lowest BCUT2D eigenvalue weighted by atomic mass is 10.1. The highest BCUT2D eigenvalue weighted by Gasteiger charge is 2.19. The van der Waals surface area contributed by atoms with Crippen molar-refractivity contribution in [2.45, 2.75) is 33.1 Å². The normalized spacial score (nSPS) is 14.5. The molecule has 1 aliphatic heterocycles. The summed E-state index contributed by atoms with van der Waals surface area (Å²) in [6, 6.07) is 7.81. The zero-order chi connectivity index (χ0) is 17.1. The molecule has 0 bridgehead atoms. The Morgan fingerprint density at radius 3 is 2.54 bits per heavy atom. The second-order valence-corrected chi connectivity index (χ2v) is 6.74. The van der Waals surface area contributed by atoms with Crippen molar-refractivity contribution in [2.24, 2.45) is 0 Å². The first-order chi connectivity index (χ1) is 11.5. The van der Waals surface area contributed by atoms with Gasteiger partial charge in [0, 0.05) is 25.0 Å². The van der Waals surface area contributed by atoms with Gasteiger partial charge in [0.05, 0.1) is 10.6 Å². The van der Waals surface area contributed by atoms with Crippen molar-refractivity contribution in [1.82, 2.24) is 9.88 Å². The average molecular weight is 344 g/mol. The fourth-order valence-corrected chi connectivity index (χ4v) is 3.10. The number of anilines is 2. The molecule has 0 unspecified atom stereocenters. The van der Waals surface area contributed by atoms with Crippen molar-refractivity contribution < 1.29 is 4.79 Å². The number of rotatable bonds is 3. The quantitative estimate of drug-likeness (QED) is 0.876. The number of piperidine rings is 1. The van der Waals surface area contributed by atoms with E-state index in [0.29, 0.717) is 16.4 Å².